The summed E-state index contributed by atoms with van der Waals surface area (Å²) in [6.07, 6.45) is 2.56. The summed E-state index contributed by atoms with van der Waals surface area (Å²) in [5, 5.41) is -1.13. The standard InChI is InChI=1S/C15H18F4N4Se.C2H6/c1-9-7-12-13(21-11-3-5-22(2)8-10(11)16)20-4-6-23(12)14(9)24-15(17,18)19;1-2/h4,6-7,10-11H,3,5,8H2,1-2H3,(H,20,21);1-2H3. The molecule has 0 spiro atoms. The monoisotopic (exact) mass is 440 g/mol. The van der Waals surface area contributed by atoms with Crippen molar-refractivity contribution in [3.8, 4) is 0 Å². The van der Waals surface area contributed by atoms with E-state index in [-0.39, 0.29) is 10.6 Å². The van der Waals surface area contributed by atoms with Crippen LogP contribution in [-0.2, 0) is 0 Å². The van der Waals surface area contributed by atoms with Crippen LogP contribution in [0.25, 0.3) is 5.52 Å². The summed E-state index contributed by atoms with van der Waals surface area (Å²) in [6.45, 7) is 6.76. The van der Waals surface area contributed by atoms with Crippen LogP contribution in [0.1, 0.15) is 25.8 Å². The first-order chi connectivity index (χ1) is 12.2. The minimum absolute atomic E-state index is 0.246. The molecule has 0 saturated carbocycles. The molecule has 2 unspecified atom stereocenters. The summed E-state index contributed by atoms with van der Waals surface area (Å²) in [7, 11) is 1.86. The molecule has 3 heterocycles. The number of hydrogen-bond acceptors (Lipinski definition) is 3. The Morgan fingerprint density at radius 2 is 2.00 bits per heavy atom. The first kappa shape index (κ1) is 21.0. The van der Waals surface area contributed by atoms with Gasteiger partial charge in [-0.2, -0.15) is 0 Å². The number of nitrogens with one attached hydrogen (secondary N) is 1. The van der Waals surface area contributed by atoms with Crippen molar-refractivity contribution in [2.75, 3.05) is 25.5 Å². The van der Waals surface area contributed by atoms with Crippen molar-refractivity contribution in [2.24, 2.45) is 0 Å². The normalized spacial score (nSPS) is 21.4. The molecule has 1 aliphatic rings. The van der Waals surface area contributed by atoms with Crippen LogP contribution in [0.4, 0.5) is 23.4 Å². The van der Waals surface area contributed by atoms with Gasteiger partial charge in [0.05, 0.1) is 0 Å². The molecule has 2 aromatic rings. The molecule has 9 heteroatoms. The van der Waals surface area contributed by atoms with Crippen LogP contribution in [0.2, 0.25) is 0 Å². The summed E-state index contributed by atoms with van der Waals surface area (Å²) in [4.78, 5) is 6.14. The number of likely N-dealkylation sites (tertiary alicyclic amines) is 1. The molecule has 0 radical (unpaired) electrons. The van der Waals surface area contributed by atoms with Gasteiger partial charge in [0.2, 0.25) is 0 Å². The predicted octanol–water partition coefficient (Wildman–Crippen LogP) is 2.97. The molecule has 0 amide bonds. The van der Waals surface area contributed by atoms with Gasteiger partial charge in [-0.3, -0.25) is 0 Å². The molecule has 1 N–H and O–H groups in total. The molecule has 26 heavy (non-hydrogen) atoms. The molecule has 1 saturated heterocycles. The average Bonchev–Trinajstić information content (AvgIpc) is 2.87. The van der Waals surface area contributed by atoms with E-state index in [4.69, 9.17) is 0 Å². The van der Waals surface area contributed by atoms with E-state index >= 15 is 0 Å². The maximum atomic E-state index is 14.2. The summed E-state index contributed by atoms with van der Waals surface area (Å²) < 4.78 is 54.4. The van der Waals surface area contributed by atoms with Gasteiger partial charge in [-0.25, -0.2) is 0 Å². The van der Waals surface area contributed by atoms with E-state index in [0.29, 0.717) is 29.9 Å². The zero-order valence-corrected chi connectivity index (χ0v) is 17.0. The number of rotatable bonds is 3. The van der Waals surface area contributed by atoms with Gasteiger partial charge in [0.25, 0.3) is 0 Å². The number of hydrogen-bond donors (Lipinski definition) is 1. The van der Waals surface area contributed by atoms with E-state index in [0.717, 1.165) is 6.54 Å². The summed E-state index contributed by atoms with van der Waals surface area (Å²) in [5.41, 5.74) is 1.13. The van der Waals surface area contributed by atoms with Crippen LogP contribution in [0.5, 0.6) is 0 Å². The molecule has 4 nitrogen and oxygen atoms in total. The molecule has 0 aromatic carbocycles. The zero-order chi connectivity index (χ0) is 19.5. The SMILES string of the molecule is CC.Cc1cc2c(NC3CCN(C)CC3F)nccn2c1[Se]C(F)(F)F. The van der Waals surface area contributed by atoms with E-state index in [1.807, 2.05) is 25.8 Å². The number of anilines is 1. The van der Waals surface area contributed by atoms with E-state index in [1.165, 1.54) is 16.8 Å². The number of piperidine rings is 1. The molecule has 1 fully saturated rings. The van der Waals surface area contributed by atoms with Gasteiger partial charge in [-0.15, -0.1) is 0 Å². The maximum absolute atomic E-state index is 14.2. The predicted molar refractivity (Wildman–Crippen MR) is 97.1 cm³/mol. The van der Waals surface area contributed by atoms with Crippen molar-refractivity contribution in [1.29, 1.82) is 0 Å². The molecule has 2 aromatic heterocycles. The van der Waals surface area contributed by atoms with Crippen LogP contribution in [0.3, 0.4) is 0 Å². The van der Waals surface area contributed by atoms with E-state index in [2.05, 4.69) is 10.3 Å². The Labute approximate surface area is 157 Å². The fourth-order valence-electron chi connectivity index (χ4n) is 2.95. The first-order valence-corrected chi connectivity index (χ1v) is 10.3. The van der Waals surface area contributed by atoms with Crippen LogP contribution in [0.15, 0.2) is 18.5 Å². The van der Waals surface area contributed by atoms with Gasteiger partial charge in [0, 0.05) is 0 Å². The second kappa shape index (κ2) is 8.59. The third-order valence-electron chi connectivity index (χ3n) is 4.11. The van der Waals surface area contributed by atoms with Crippen LogP contribution in [0, 0.1) is 6.92 Å². The third-order valence-corrected chi connectivity index (χ3v) is 6.09. The van der Waals surface area contributed by atoms with Crippen molar-refractivity contribution in [3.63, 3.8) is 0 Å². The third kappa shape index (κ3) is 4.90. The molecule has 3 rings (SSSR count). The molecular weight excluding hydrogens is 415 g/mol. The average molecular weight is 439 g/mol. The Balaban J connectivity index is 0.00000117. The molecule has 2 atom stereocenters. The molecule has 1 aliphatic heterocycles. The van der Waals surface area contributed by atoms with Crippen molar-refractivity contribution in [1.82, 2.24) is 14.3 Å². The number of fused-ring (bicyclic) bond motifs is 1. The van der Waals surface area contributed by atoms with Crippen molar-refractivity contribution in [3.05, 3.63) is 24.0 Å². The van der Waals surface area contributed by atoms with Crippen LogP contribution in [-0.4, -0.2) is 66.7 Å². The number of aryl methyl sites for hydroxylation is 1. The van der Waals surface area contributed by atoms with Gasteiger partial charge < -0.3 is 0 Å². The summed E-state index contributed by atoms with van der Waals surface area (Å²) in [5.74, 6) is 0.432. The Hall–Kier alpha value is -1.31. The number of alkyl halides is 4. The zero-order valence-electron chi connectivity index (χ0n) is 15.3. The second-order valence-electron chi connectivity index (χ2n) is 6.03. The fourth-order valence-corrected chi connectivity index (χ4v) is 4.41. The first-order valence-electron chi connectivity index (χ1n) is 8.56. The minimum atomic E-state index is -4.22. The van der Waals surface area contributed by atoms with E-state index < -0.39 is 26.2 Å². The molecule has 0 aliphatic carbocycles. The Bertz CT molecular complexity index is 731. The van der Waals surface area contributed by atoms with Gasteiger partial charge in [0.15, 0.2) is 0 Å². The molecule has 146 valence electrons. The molecule has 0 bridgehead atoms. The van der Waals surface area contributed by atoms with Crippen molar-refractivity contribution < 1.29 is 17.6 Å². The van der Waals surface area contributed by atoms with Gasteiger partial charge in [0.1, 0.15) is 0 Å². The van der Waals surface area contributed by atoms with Gasteiger partial charge in [-0.05, 0) is 0 Å². The number of nitrogens with zero attached hydrogens (tertiary/aromatic N) is 3. The number of aromatic nitrogens is 2. The van der Waals surface area contributed by atoms with Crippen molar-refractivity contribution >= 4 is 30.9 Å². The Kier molecular flexibility index (Phi) is 6.93. The molecular formula is C17H24F4N4Se. The fraction of sp³-hybridized carbons (Fsp3) is 0.588. The Morgan fingerprint density at radius 1 is 1.31 bits per heavy atom. The van der Waals surface area contributed by atoms with E-state index in [1.54, 1.807) is 13.0 Å². The van der Waals surface area contributed by atoms with Crippen LogP contribution >= 0.6 is 0 Å². The van der Waals surface area contributed by atoms with Crippen LogP contribution < -0.4 is 9.91 Å². The number of halogens is 4. The second-order valence-corrected chi connectivity index (χ2v) is 8.24. The van der Waals surface area contributed by atoms with Gasteiger partial charge >= 0.3 is 143 Å². The summed E-state index contributed by atoms with van der Waals surface area (Å²) >= 11 is -1.64. The van der Waals surface area contributed by atoms with E-state index in [9.17, 15) is 17.6 Å². The van der Waals surface area contributed by atoms with Crippen molar-refractivity contribution in [2.45, 2.75) is 44.5 Å². The topological polar surface area (TPSA) is 32.6 Å². The van der Waals surface area contributed by atoms with Gasteiger partial charge in [-0.1, -0.05) is 13.8 Å². The quantitative estimate of drug-likeness (QED) is 0.590. The Morgan fingerprint density at radius 3 is 2.62 bits per heavy atom. The summed E-state index contributed by atoms with van der Waals surface area (Å²) in [6, 6.07) is 1.30.